The van der Waals surface area contributed by atoms with Gasteiger partial charge in [0.15, 0.2) is 0 Å². The molecule has 0 N–H and O–H groups in total. The summed E-state index contributed by atoms with van der Waals surface area (Å²) in [6, 6.07) is 0. The van der Waals surface area contributed by atoms with Crippen molar-refractivity contribution in [2.24, 2.45) is 0 Å². The molecule has 11 heteroatoms. The highest BCUT2D eigenvalue weighted by Crippen LogP contribution is 2.58. The lowest BCUT2D eigenvalue weighted by atomic mass is 10.3. The third-order valence-corrected chi connectivity index (χ3v) is 7.48. The Labute approximate surface area is 143 Å². The minimum absolute atomic E-state index is 0.381. The summed E-state index contributed by atoms with van der Waals surface area (Å²) in [4.78, 5) is 22.1. The zero-order chi connectivity index (χ0) is 18.2. The fourth-order valence-electron chi connectivity index (χ4n) is 2.51. The third kappa shape index (κ3) is 4.47. The van der Waals surface area contributed by atoms with E-state index >= 15 is 0 Å². The van der Waals surface area contributed by atoms with Crippen molar-refractivity contribution in [1.29, 1.82) is 0 Å². The van der Waals surface area contributed by atoms with E-state index in [0.29, 0.717) is 31.9 Å². The molecule has 3 unspecified atom stereocenters. The molecular formula is C13H15F5O4S2. The van der Waals surface area contributed by atoms with Gasteiger partial charge in [0.2, 0.25) is 0 Å². The quantitative estimate of drug-likeness (QED) is 0.538. The fraction of sp³-hybridized carbons (Fsp3) is 0.846. The number of alkyl halides is 5. The molecule has 1 saturated carbocycles. The van der Waals surface area contributed by atoms with E-state index in [1.54, 1.807) is 0 Å². The Morgan fingerprint density at radius 3 is 2.46 bits per heavy atom. The standard InChI is InChI=1S/C13H15F5O4S2/c1-11(14,15)9(19)22-8-3-2-4-12(8)23-6-7(24-12)5-21-10(20)13(16,17)18/h7-8H,2-6H2,1H3. The number of carbonyl (C=O) groups excluding carboxylic acids is 2. The Kier molecular flexibility index (Phi) is 5.63. The van der Waals surface area contributed by atoms with E-state index in [1.165, 1.54) is 23.5 Å². The normalized spacial score (nSPS) is 30.6. The Morgan fingerprint density at radius 1 is 1.21 bits per heavy atom. The lowest BCUT2D eigenvalue weighted by Gasteiger charge is -2.30. The van der Waals surface area contributed by atoms with Crippen LogP contribution in [0.1, 0.15) is 26.2 Å². The highest BCUT2D eigenvalue weighted by Gasteiger charge is 2.53. The molecule has 4 nitrogen and oxygen atoms in total. The molecule has 0 aromatic heterocycles. The number of esters is 2. The Bertz CT molecular complexity index is 508. The van der Waals surface area contributed by atoms with Gasteiger partial charge in [-0.25, -0.2) is 9.59 Å². The molecule has 1 heterocycles. The van der Waals surface area contributed by atoms with Gasteiger partial charge in [-0.3, -0.25) is 0 Å². The lowest BCUT2D eigenvalue weighted by molar-refractivity contribution is -0.199. The topological polar surface area (TPSA) is 52.6 Å². The van der Waals surface area contributed by atoms with E-state index in [1.807, 2.05) is 0 Å². The van der Waals surface area contributed by atoms with Gasteiger partial charge in [-0.05, 0) is 19.3 Å². The van der Waals surface area contributed by atoms with Crippen LogP contribution in [0.3, 0.4) is 0 Å². The van der Waals surface area contributed by atoms with Gasteiger partial charge in [-0.2, -0.15) is 22.0 Å². The number of rotatable bonds is 4. The molecule has 0 amide bonds. The number of ether oxygens (including phenoxy) is 2. The molecule has 0 bridgehead atoms. The summed E-state index contributed by atoms with van der Waals surface area (Å²) in [5.41, 5.74) is 0. The molecule has 138 valence electrons. The lowest BCUT2D eigenvalue weighted by Crippen LogP contribution is -2.38. The van der Waals surface area contributed by atoms with Crippen molar-refractivity contribution in [1.82, 2.24) is 0 Å². The van der Waals surface area contributed by atoms with Gasteiger partial charge >= 0.3 is 24.0 Å². The van der Waals surface area contributed by atoms with Crippen molar-refractivity contribution in [3.63, 3.8) is 0 Å². The summed E-state index contributed by atoms with van der Waals surface area (Å²) in [6.45, 7) is 0.0215. The highest BCUT2D eigenvalue weighted by molar-refractivity contribution is 8.21. The van der Waals surface area contributed by atoms with E-state index in [0.717, 1.165) is 0 Å². The van der Waals surface area contributed by atoms with Crippen molar-refractivity contribution in [3.05, 3.63) is 0 Å². The van der Waals surface area contributed by atoms with Crippen LogP contribution in [0.2, 0.25) is 0 Å². The predicted molar refractivity (Wildman–Crippen MR) is 77.9 cm³/mol. The Morgan fingerprint density at radius 2 is 1.88 bits per heavy atom. The van der Waals surface area contributed by atoms with Crippen molar-refractivity contribution in [2.45, 2.75) is 53.7 Å². The van der Waals surface area contributed by atoms with Gasteiger partial charge in [-0.15, -0.1) is 23.5 Å². The maximum atomic E-state index is 13.0. The minimum atomic E-state index is -5.05. The van der Waals surface area contributed by atoms with Gasteiger partial charge < -0.3 is 9.47 Å². The molecule has 0 aromatic carbocycles. The van der Waals surface area contributed by atoms with Gasteiger partial charge in [0, 0.05) is 17.9 Å². The SMILES string of the molecule is CC(F)(F)C(=O)OC1CCCC12SCC(COC(=O)C(F)(F)F)S2. The van der Waals surface area contributed by atoms with Crippen molar-refractivity contribution >= 4 is 35.5 Å². The second-order valence-electron chi connectivity index (χ2n) is 5.63. The maximum Gasteiger partial charge on any atom is 0.490 e. The second-order valence-corrected chi connectivity index (χ2v) is 8.87. The van der Waals surface area contributed by atoms with Gasteiger partial charge in [0.25, 0.3) is 0 Å². The number of hydrogen-bond donors (Lipinski definition) is 0. The molecule has 0 radical (unpaired) electrons. The second kappa shape index (κ2) is 6.89. The summed E-state index contributed by atoms with van der Waals surface area (Å²) >= 11 is 2.58. The van der Waals surface area contributed by atoms with Crippen LogP contribution < -0.4 is 0 Å². The molecule has 1 saturated heterocycles. The largest absolute Gasteiger partial charge is 0.490 e. The van der Waals surface area contributed by atoms with Crippen LogP contribution in [0, 0.1) is 0 Å². The predicted octanol–water partition coefficient (Wildman–Crippen LogP) is 3.39. The first kappa shape index (κ1) is 19.6. The minimum Gasteiger partial charge on any atom is -0.458 e. The molecule has 1 spiro atoms. The number of hydrogen-bond acceptors (Lipinski definition) is 6. The summed E-state index contributed by atoms with van der Waals surface area (Å²) in [7, 11) is 0. The number of thioether (sulfide) groups is 2. The molecule has 3 atom stereocenters. The van der Waals surface area contributed by atoms with Crippen molar-refractivity contribution in [2.75, 3.05) is 12.4 Å². The first-order chi connectivity index (χ1) is 10.9. The molecular weight excluding hydrogens is 379 g/mol. The van der Waals surface area contributed by atoms with Gasteiger partial charge in [0.1, 0.15) is 12.7 Å². The van der Waals surface area contributed by atoms with Crippen LogP contribution in [0.15, 0.2) is 0 Å². The summed E-state index contributed by atoms with van der Waals surface area (Å²) < 4.78 is 70.8. The molecule has 1 aliphatic carbocycles. The van der Waals surface area contributed by atoms with Gasteiger partial charge in [-0.1, -0.05) is 0 Å². The molecule has 2 fully saturated rings. The Balaban J connectivity index is 1.92. The summed E-state index contributed by atoms with van der Waals surface area (Å²) in [5.74, 6) is -7.08. The Hall–Kier alpha value is -0.710. The fourth-order valence-corrected chi connectivity index (χ4v) is 6.36. The van der Waals surface area contributed by atoms with Crippen LogP contribution in [0.25, 0.3) is 0 Å². The smallest absolute Gasteiger partial charge is 0.458 e. The molecule has 24 heavy (non-hydrogen) atoms. The van der Waals surface area contributed by atoms with Crippen LogP contribution in [-0.4, -0.2) is 51.8 Å². The average Bonchev–Trinajstić information content (AvgIpc) is 3.02. The highest BCUT2D eigenvalue weighted by atomic mass is 32.2. The maximum absolute atomic E-state index is 13.0. The summed E-state index contributed by atoms with van der Waals surface area (Å²) in [5, 5.41) is -0.414. The van der Waals surface area contributed by atoms with E-state index in [4.69, 9.17) is 4.74 Å². The van der Waals surface area contributed by atoms with Gasteiger partial charge in [0.05, 0.1) is 4.08 Å². The molecule has 2 rings (SSSR count). The summed E-state index contributed by atoms with van der Waals surface area (Å²) in [6.07, 6.45) is -4.14. The number of carbonyl (C=O) groups is 2. The molecule has 0 aromatic rings. The van der Waals surface area contributed by atoms with Crippen molar-refractivity contribution < 1.29 is 41.0 Å². The van der Waals surface area contributed by atoms with Crippen LogP contribution in [0.5, 0.6) is 0 Å². The van der Waals surface area contributed by atoms with Crippen LogP contribution in [0.4, 0.5) is 22.0 Å². The molecule has 2 aliphatic rings. The first-order valence-electron chi connectivity index (χ1n) is 7.09. The van der Waals surface area contributed by atoms with E-state index in [9.17, 15) is 31.5 Å². The zero-order valence-corrected chi connectivity index (χ0v) is 14.2. The van der Waals surface area contributed by atoms with E-state index in [-0.39, 0.29) is 0 Å². The number of halogens is 5. The first-order valence-corrected chi connectivity index (χ1v) is 8.95. The monoisotopic (exact) mass is 394 g/mol. The average molecular weight is 394 g/mol. The third-order valence-electron chi connectivity index (χ3n) is 3.60. The van der Waals surface area contributed by atoms with Crippen LogP contribution in [-0.2, 0) is 19.1 Å². The van der Waals surface area contributed by atoms with Crippen LogP contribution >= 0.6 is 23.5 Å². The van der Waals surface area contributed by atoms with E-state index in [2.05, 4.69) is 4.74 Å². The van der Waals surface area contributed by atoms with E-state index < -0.39 is 46.1 Å². The zero-order valence-electron chi connectivity index (χ0n) is 12.5. The molecule has 1 aliphatic heterocycles. The van der Waals surface area contributed by atoms with Crippen molar-refractivity contribution in [3.8, 4) is 0 Å².